The first-order valence-electron chi connectivity index (χ1n) is 4.88. The van der Waals surface area contributed by atoms with Crippen molar-refractivity contribution in [1.29, 1.82) is 0 Å². The predicted molar refractivity (Wildman–Crippen MR) is 59.1 cm³/mol. The molecule has 0 aliphatic heterocycles. The van der Waals surface area contributed by atoms with Crippen LogP contribution in [0.5, 0.6) is 0 Å². The molecule has 0 atom stereocenters. The molecule has 15 heavy (non-hydrogen) atoms. The van der Waals surface area contributed by atoms with Crippen LogP contribution in [0.1, 0.15) is 26.1 Å². The monoisotopic (exact) mass is 229 g/mol. The quantitative estimate of drug-likeness (QED) is 0.823. The third-order valence-electron chi connectivity index (χ3n) is 1.77. The van der Waals surface area contributed by atoms with Crippen LogP contribution in [0.3, 0.4) is 0 Å². The fraction of sp³-hybridized carbons (Fsp3) is 0.556. The summed E-state index contributed by atoms with van der Waals surface area (Å²) < 4.78 is 25.2. The molecule has 1 N–H and O–H groups in total. The Labute approximate surface area is 90.0 Å². The van der Waals surface area contributed by atoms with Crippen LogP contribution in [-0.2, 0) is 16.4 Å². The lowest BCUT2D eigenvalue weighted by Crippen LogP contribution is -2.16. The van der Waals surface area contributed by atoms with Gasteiger partial charge in [-0.25, -0.2) is 18.4 Å². The highest BCUT2D eigenvalue weighted by Crippen LogP contribution is 2.06. The van der Waals surface area contributed by atoms with Gasteiger partial charge in [0.25, 0.3) is 0 Å². The van der Waals surface area contributed by atoms with Crippen LogP contribution in [-0.4, -0.2) is 24.1 Å². The highest BCUT2D eigenvalue weighted by molar-refractivity contribution is 7.92. The standard InChI is InChI=1S/C9H15N3O2S/c1-3-5-15(13,14)12-8-6-10-9(4-2)11-7-8/h6-7,12H,3-5H2,1-2H3. The van der Waals surface area contributed by atoms with E-state index in [0.29, 0.717) is 17.9 Å². The number of hydrogen-bond acceptors (Lipinski definition) is 4. The number of nitrogens with zero attached hydrogens (tertiary/aromatic N) is 2. The van der Waals surface area contributed by atoms with Gasteiger partial charge in [-0.3, -0.25) is 4.72 Å². The maximum atomic E-state index is 11.4. The van der Waals surface area contributed by atoms with E-state index < -0.39 is 10.0 Å². The highest BCUT2D eigenvalue weighted by atomic mass is 32.2. The minimum atomic E-state index is -3.23. The van der Waals surface area contributed by atoms with E-state index in [1.54, 1.807) is 0 Å². The van der Waals surface area contributed by atoms with Crippen molar-refractivity contribution < 1.29 is 8.42 Å². The summed E-state index contributed by atoms with van der Waals surface area (Å²) in [7, 11) is -3.23. The molecule has 1 rings (SSSR count). The lowest BCUT2D eigenvalue weighted by Gasteiger charge is -2.05. The lowest BCUT2D eigenvalue weighted by atomic mass is 10.4. The van der Waals surface area contributed by atoms with Gasteiger partial charge in [-0.05, 0) is 6.42 Å². The normalized spacial score (nSPS) is 11.3. The number of hydrogen-bond donors (Lipinski definition) is 1. The minimum absolute atomic E-state index is 0.114. The van der Waals surface area contributed by atoms with Crippen LogP contribution in [0.25, 0.3) is 0 Å². The van der Waals surface area contributed by atoms with E-state index in [1.807, 2.05) is 13.8 Å². The van der Waals surface area contributed by atoms with Crippen molar-refractivity contribution in [2.24, 2.45) is 0 Å². The number of sulfonamides is 1. The summed E-state index contributed by atoms with van der Waals surface area (Å²) in [6, 6.07) is 0. The third kappa shape index (κ3) is 3.83. The first kappa shape index (κ1) is 11.9. The molecule has 0 saturated heterocycles. The van der Waals surface area contributed by atoms with E-state index >= 15 is 0 Å². The summed E-state index contributed by atoms with van der Waals surface area (Å²) in [4.78, 5) is 8.01. The minimum Gasteiger partial charge on any atom is -0.280 e. The average Bonchev–Trinajstić information content (AvgIpc) is 2.18. The second-order valence-electron chi connectivity index (χ2n) is 3.16. The van der Waals surface area contributed by atoms with Gasteiger partial charge < -0.3 is 0 Å². The van der Waals surface area contributed by atoms with E-state index in [4.69, 9.17) is 0 Å². The number of aryl methyl sites for hydroxylation is 1. The third-order valence-corrected chi connectivity index (χ3v) is 3.26. The molecule has 0 bridgehead atoms. The summed E-state index contributed by atoms with van der Waals surface area (Å²) in [5, 5.41) is 0. The Morgan fingerprint density at radius 2 is 1.87 bits per heavy atom. The summed E-state index contributed by atoms with van der Waals surface area (Å²) in [6.07, 6.45) is 4.29. The molecule has 1 heterocycles. The van der Waals surface area contributed by atoms with Crippen molar-refractivity contribution in [2.45, 2.75) is 26.7 Å². The second-order valence-corrected chi connectivity index (χ2v) is 5.00. The molecule has 0 unspecified atom stereocenters. The predicted octanol–water partition coefficient (Wildman–Crippen LogP) is 1.19. The summed E-state index contributed by atoms with van der Waals surface area (Å²) in [5.41, 5.74) is 0.417. The van der Waals surface area contributed by atoms with Crippen LogP contribution in [0, 0.1) is 0 Å². The molecule has 84 valence electrons. The first-order valence-corrected chi connectivity index (χ1v) is 6.54. The van der Waals surface area contributed by atoms with Crippen molar-refractivity contribution in [3.8, 4) is 0 Å². The van der Waals surface area contributed by atoms with Gasteiger partial charge in [-0.2, -0.15) is 0 Å². The molecule has 0 amide bonds. The van der Waals surface area contributed by atoms with Crippen molar-refractivity contribution in [3.63, 3.8) is 0 Å². The van der Waals surface area contributed by atoms with Gasteiger partial charge in [0.1, 0.15) is 5.82 Å². The highest BCUT2D eigenvalue weighted by Gasteiger charge is 2.08. The van der Waals surface area contributed by atoms with Gasteiger partial charge >= 0.3 is 0 Å². The van der Waals surface area contributed by atoms with Crippen molar-refractivity contribution >= 4 is 15.7 Å². The van der Waals surface area contributed by atoms with Crippen LogP contribution in [0.2, 0.25) is 0 Å². The van der Waals surface area contributed by atoms with Gasteiger partial charge in [0, 0.05) is 6.42 Å². The Hall–Kier alpha value is -1.17. The average molecular weight is 229 g/mol. The molecule has 1 aromatic rings. The molecule has 0 fully saturated rings. The molecule has 5 nitrogen and oxygen atoms in total. The first-order chi connectivity index (χ1) is 7.07. The molecular weight excluding hydrogens is 214 g/mol. The van der Waals surface area contributed by atoms with E-state index in [2.05, 4.69) is 14.7 Å². The van der Waals surface area contributed by atoms with Gasteiger partial charge in [0.2, 0.25) is 10.0 Å². The van der Waals surface area contributed by atoms with Crippen LogP contribution in [0.4, 0.5) is 5.69 Å². The summed E-state index contributed by atoms with van der Waals surface area (Å²) in [5.74, 6) is 0.816. The Kier molecular flexibility index (Phi) is 4.02. The number of rotatable bonds is 5. The van der Waals surface area contributed by atoms with Gasteiger partial charge in [-0.1, -0.05) is 13.8 Å². The van der Waals surface area contributed by atoms with Crippen LogP contribution >= 0.6 is 0 Å². The van der Waals surface area contributed by atoms with Gasteiger partial charge in [-0.15, -0.1) is 0 Å². The summed E-state index contributed by atoms with van der Waals surface area (Å²) >= 11 is 0. The lowest BCUT2D eigenvalue weighted by molar-refractivity contribution is 0.600. The molecule has 0 radical (unpaired) electrons. The van der Waals surface area contributed by atoms with E-state index in [1.165, 1.54) is 12.4 Å². The number of aromatic nitrogens is 2. The second kappa shape index (κ2) is 5.06. The van der Waals surface area contributed by atoms with Crippen molar-refractivity contribution in [1.82, 2.24) is 9.97 Å². The topological polar surface area (TPSA) is 72.0 Å². The Morgan fingerprint density at radius 3 is 2.33 bits per heavy atom. The molecule has 1 aromatic heterocycles. The smallest absolute Gasteiger partial charge is 0.232 e. The number of anilines is 1. The maximum absolute atomic E-state index is 11.4. The largest absolute Gasteiger partial charge is 0.280 e. The fourth-order valence-electron chi connectivity index (χ4n) is 1.09. The van der Waals surface area contributed by atoms with Crippen molar-refractivity contribution in [2.75, 3.05) is 10.5 Å². The molecule has 0 aliphatic carbocycles. The van der Waals surface area contributed by atoms with Gasteiger partial charge in [0.05, 0.1) is 23.8 Å². The summed E-state index contributed by atoms with van der Waals surface area (Å²) in [6.45, 7) is 3.76. The molecular formula is C9H15N3O2S. The zero-order chi connectivity index (χ0) is 11.3. The molecule has 6 heteroatoms. The van der Waals surface area contributed by atoms with Gasteiger partial charge in [0.15, 0.2) is 0 Å². The maximum Gasteiger partial charge on any atom is 0.232 e. The molecule has 0 aliphatic rings. The zero-order valence-electron chi connectivity index (χ0n) is 8.90. The zero-order valence-corrected chi connectivity index (χ0v) is 9.71. The SMILES string of the molecule is CCCS(=O)(=O)Nc1cnc(CC)nc1. The molecule has 0 spiro atoms. The van der Waals surface area contributed by atoms with Crippen molar-refractivity contribution in [3.05, 3.63) is 18.2 Å². The molecule has 0 aromatic carbocycles. The van der Waals surface area contributed by atoms with E-state index in [0.717, 1.165) is 6.42 Å². The Morgan fingerprint density at radius 1 is 1.27 bits per heavy atom. The van der Waals surface area contributed by atoms with Crippen LogP contribution in [0.15, 0.2) is 12.4 Å². The van der Waals surface area contributed by atoms with E-state index in [9.17, 15) is 8.42 Å². The fourth-order valence-corrected chi connectivity index (χ4v) is 2.19. The number of nitrogens with one attached hydrogen (secondary N) is 1. The van der Waals surface area contributed by atoms with Crippen LogP contribution < -0.4 is 4.72 Å². The van der Waals surface area contributed by atoms with E-state index in [-0.39, 0.29) is 5.75 Å². The molecule has 0 saturated carbocycles. The Balaban J connectivity index is 2.73. The Bertz CT molecular complexity index is 400.